The van der Waals surface area contributed by atoms with E-state index in [2.05, 4.69) is 40.6 Å². The highest BCUT2D eigenvalue weighted by Crippen LogP contribution is 2.20. The third-order valence-corrected chi connectivity index (χ3v) is 3.81. The molecule has 2 aromatic rings. The largest absolute Gasteiger partial charge is 0.314 e. The maximum Gasteiger partial charge on any atom is 0.0645 e. The Morgan fingerprint density at radius 1 is 1.16 bits per heavy atom. The highest BCUT2D eigenvalue weighted by Gasteiger charge is 2.19. The van der Waals surface area contributed by atoms with E-state index in [-0.39, 0.29) is 0 Å². The number of hydrogen-bond donors (Lipinski definition) is 1. The number of benzene rings is 1. The van der Waals surface area contributed by atoms with Crippen LogP contribution >= 0.6 is 0 Å². The van der Waals surface area contributed by atoms with Gasteiger partial charge in [0.1, 0.15) is 0 Å². The molecule has 0 bridgehead atoms. The van der Waals surface area contributed by atoms with E-state index >= 15 is 0 Å². The van der Waals surface area contributed by atoms with Crippen LogP contribution in [0.25, 0.3) is 5.69 Å². The first-order valence-corrected chi connectivity index (χ1v) is 6.89. The number of nitrogens with one attached hydrogen (secondary N) is 1. The summed E-state index contributed by atoms with van der Waals surface area (Å²) in [5.41, 5.74) is 2.40. The molecular weight excluding hydrogens is 236 g/mol. The monoisotopic (exact) mass is 256 g/mol. The third kappa shape index (κ3) is 2.69. The highest BCUT2D eigenvalue weighted by atomic mass is 15.3. The fraction of sp³-hybridized carbons (Fsp3) is 0.400. The minimum atomic E-state index is 0.430. The van der Waals surface area contributed by atoms with E-state index in [0.717, 1.165) is 31.9 Å². The Labute approximate surface area is 114 Å². The van der Waals surface area contributed by atoms with Crippen molar-refractivity contribution in [3.05, 3.63) is 48.3 Å². The molecule has 4 nitrogen and oxygen atoms in total. The maximum absolute atomic E-state index is 4.48. The first-order chi connectivity index (χ1) is 9.34. The van der Waals surface area contributed by atoms with Crippen LogP contribution in [-0.2, 0) is 0 Å². The van der Waals surface area contributed by atoms with Crippen molar-refractivity contribution in [1.29, 1.82) is 0 Å². The molecule has 4 heteroatoms. The number of piperazine rings is 1. The molecule has 1 fully saturated rings. The molecule has 0 saturated carbocycles. The lowest BCUT2D eigenvalue weighted by Crippen LogP contribution is -2.44. The molecule has 1 atom stereocenters. The van der Waals surface area contributed by atoms with Gasteiger partial charge in [0, 0.05) is 44.0 Å². The molecule has 3 rings (SSSR count). The molecule has 1 aliphatic rings. The van der Waals surface area contributed by atoms with Crippen LogP contribution in [0.15, 0.2) is 42.7 Å². The Bertz CT molecular complexity index is 514. The van der Waals surface area contributed by atoms with Crippen molar-refractivity contribution in [3.8, 4) is 5.69 Å². The standard InChI is InChI=1S/C15H20N4/c1-13(18-9-7-16-8-10-18)14-11-17-19(12-14)15-5-3-2-4-6-15/h2-6,11-13,16H,7-10H2,1H3. The fourth-order valence-electron chi connectivity index (χ4n) is 2.55. The van der Waals surface area contributed by atoms with E-state index in [9.17, 15) is 0 Å². The first-order valence-electron chi connectivity index (χ1n) is 6.89. The van der Waals surface area contributed by atoms with Crippen molar-refractivity contribution in [1.82, 2.24) is 20.0 Å². The Morgan fingerprint density at radius 2 is 1.89 bits per heavy atom. The van der Waals surface area contributed by atoms with Gasteiger partial charge in [-0.15, -0.1) is 0 Å². The number of hydrogen-bond acceptors (Lipinski definition) is 3. The van der Waals surface area contributed by atoms with Gasteiger partial charge in [0.2, 0.25) is 0 Å². The van der Waals surface area contributed by atoms with Gasteiger partial charge in [-0.25, -0.2) is 4.68 Å². The molecule has 2 heterocycles. The molecule has 1 unspecified atom stereocenters. The fourth-order valence-corrected chi connectivity index (χ4v) is 2.55. The molecule has 0 amide bonds. The van der Waals surface area contributed by atoms with Crippen LogP contribution in [0, 0.1) is 0 Å². The predicted molar refractivity (Wildman–Crippen MR) is 76.4 cm³/mol. The zero-order valence-corrected chi connectivity index (χ0v) is 11.3. The highest BCUT2D eigenvalue weighted by molar-refractivity contribution is 5.31. The summed E-state index contributed by atoms with van der Waals surface area (Å²) in [4.78, 5) is 2.50. The summed E-state index contributed by atoms with van der Waals surface area (Å²) in [5.74, 6) is 0. The number of rotatable bonds is 3. The van der Waals surface area contributed by atoms with Gasteiger partial charge in [-0.2, -0.15) is 5.10 Å². The van der Waals surface area contributed by atoms with Gasteiger partial charge in [-0.1, -0.05) is 18.2 Å². The van der Waals surface area contributed by atoms with Crippen molar-refractivity contribution in [2.45, 2.75) is 13.0 Å². The van der Waals surface area contributed by atoms with Gasteiger partial charge in [0.25, 0.3) is 0 Å². The lowest BCUT2D eigenvalue weighted by molar-refractivity contribution is 0.185. The zero-order chi connectivity index (χ0) is 13.1. The summed E-state index contributed by atoms with van der Waals surface area (Å²) in [7, 11) is 0. The topological polar surface area (TPSA) is 33.1 Å². The van der Waals surface area contributed by atoms with Crippen molar-refractivity contribution in [2.75, 3.05) is 26.2 Å². The molecule has 0 spiro atoms. The lowest BCUT2D eigenvalue weighted by Gasteiger charge is -2.32. The normalized spacial score (nSPS) is 18.4. The lowest BCUT2D eigenvalue weighted by atomic mass is 10.1. The van der Waals surface area contributed by atoms with E-state index in [0.29, 0.717) is 6.04 Å². The Morgan fingerprint density at radius 3 is 2.63 bits per heavy atom. The van der Waals surface area contributed by atoms with E-state index in [4.69, 9.17) is 0 Å². The quantitative estimate of drug-likeness (QED) is 0.909. The van der Waals surface area contributed by atoms with Gasteiger partial charge >= 0.3 is 0 Å². The van der Waals surface area contributed by atoms with Crippen LogP contribution in [0.3, 0.4) is 0 Å². The molecule has 100 valence electrons. The number of para-hydroxylation sites is 1. The Hall–Kier alpha value is -1.65. The molecule has 0 aliphatic carbocycles. The summed E-state index contributed by atoms with van der Waals surface area (Å²) in [6.07, 6.45) is 4.13. The zero-order valence-electron chi connectivity index (χ0n) is 11.3. The second-order valence-electron chi connectivity index (χ2n) is 5.02. The molecule has 1 aromatic carbocycles. The van der Waals surface area contributed by atoms with Crippen molar-refractivity contribution < 1.29 is 0 Å². The van der Waals surface area contributed by atoms with Crippen LogP contribution in [-0.4, -0.2) is 40.9 Å². The van der Waals surface area contributed by atoms with Crippen LogP contribution in [0.4, 0.5) is 0 Å². The average molecular weight is 256 g/mol. The summed E-state index contributed by atoms with van der Waals surface area (Å²) < 4.78 is 1.95. The predicted octanol–water partition coefficient (Wildman–Crippen LogP) is 1.84. The van der Waals surface area contributed by atoms with E-state index in [1.54, 1.807) is 0 Å². The smallest absolute Gasteiger partial charge is 0.0645 e. The second kappa shape index (κ2) is 5.55. The van der Waals surface area contributed by atoms with Crippen LogP contribution in [0.1, 0.15) is 18.5 Å². The summed E-state index contributed by atoms with van der Waals surface area (Å²) >= 11 is 0. The average Bonchev–Trinajstić information content (AvgIpc) is 2.98. The van der Waals surface area contributed by atoms with Gasteiger partial charge in [-0.05, 0) is 19.1 Å². The summed E-state index contributed by atoms with van der Waals surface area (Å²) in [5, 5.41) is 7.87. The van der Waals surface area contributed by atoms with E-state index in [1.807, 2.05) is 29.1 Å². The molecular formula is C15H20N4. The number of aromatic nitrogens is 2. The van der Waals surface area contributed by atoms with E-state index in [1.165, 1.54) is 5.56 Å². The molecule has 1 aliphatic heterocycles. The summed E-state index contributed by atoms with van der Waals surface area (Å²) in [6.45, 7) is 6.64. The molecule has 19 heavy (non-hydrogen) atoms. The van der Waals surface area contributed by atoms with E-state index < -0.39 is 0 Å². The van der Waals surface area contributed by atoms with Gasteiger partial charge < -0.3 is 5.32 Å². The van der Waals surface area contributed by atoms with Crippen molar-refractivity contribution in [2.24, 2.45) is 0 Å². The molecule has 1 aromatic heterocycles. The molecule has 0 radical (unpaired) electrons. The second-order valence-corrected chi connectivity index (χ2v) is 5.02. The third-order valence-electron chi connectivity index (χ3n) is 3.81. The van der Waals surface area contributed by atoms with Crippen LogP contribution < -0.4 is 5.32 Å². The first kappa shape index (κ1) is 12.4. The van der Waals surface area contributed by atoms with Gasteiger partial charge in [0.15, 0.2) is 0 Å². The minimum absolute atomic E-state index is 0.430. The molecule has 1 N–H and O–H groups in total. The van der Waals surface area contributed by atoms with Crippen LogP contribution in [0.5, 0.6) is 0 Å². The maximum atomic E-state index is 4.48. The van der Waals surface area contributed by atoms with Gasteiger partial charge in [-0.3, -0.25) is 4.90 Å². The molecule has 1 saturated heterocycles. The Kier molecular flexibility index (Phi) is 3.62. The van der Waals surface area contributed by atoms with Crippen molar-refractivity contribution in [3.63, 3.8) is 0 Å². The Balaban J connectivity index is 1.77. The van der Waals surface area contributed by atoms with Crippen molar-refractivity contribution >= 4 is 0 Å². The number of nitrogens with zero attached hydrogens (tertiary/aromatic N) is 3. The summed E-state index contributed by atoms with van der Waals surface area (Å²) in [6, 6.07) is 10.7. The van der Waals surface area contributed by atoms with Gasteiger partial charge in [0.05, 0.1) is 11.9 Å². The SMILES string of the molecule is CC(c1cnn(-c2ccccc2)c1)N1CCNCC1. The van der Waals surface area contributed by atoms with Crippen LogP contribution in [0.2, 0.25) is 0 Å². The minimum Gasteiger partial charge on any atom is -0.314 e.